The largest absolute Gasteiger partial charge is 0.396 e. The Labute approximate surface area is 54.4 Å². The van der Waals surface area contributed by atoms with Gasteiger partial charge >= 0.3 is 0 Å². The van der Waals surface area contributed by atoms with Gasteiger partial charge in [0.25, 0.3) is 0 Å². The lowest BCUT2D eigenvalue weighted by Gasteiger charge is -1.69. The summed E-state index contributed by atoms with van der Waals surface area (Å²) in [4.78, 5) is 0. The van der Waals surface area contributed by atoms with Crippen LogP contribution in [-0.4, -0.2) is 16.0 Å². The highest BCUT2D eigenvalue weighted by Gasteiger charge is 1.57. The third-order valence-electron chi connectivity index (χ3n) is 0.224. The minimum Gasteiger partial charge on any atom is -0.396 e. The third kappa shape index (κ3) is 77.5. The molecule has 0 aliphatic heterocycles. The van der Waals surface area contributed by atoms with Gasteiger partial charge in [-0.1, -0.05) is 6.92 Å². The van der Waals surface area contributed by atoms with Gasteiger partial charge in [-0.2, -0.15) is 0 Å². The minimum atomic E-state index is 0.319. The molecule has 0 saturated carbocycles. The molecule has 0 aliphatic rings. The zero-order valence-corrected chi connectivity index (χ0v) is 5.81. The lowest BCUT2D eigenvalue weighted by Crippen LogP contribution is -1.69. The highest BCUT2D eigenvalue weighted by Crippen LogP contribution is 1.61. The Hall–Kier alpha value is 0.180. The minimum absolute atomic E-state index is 0.319. The molecule has 0 amide bonds. The molecular weight excluding hydrogens is 128 g/mol. The summed E-state index contributed by atoms with van der Waals surface area (Å²) in [7, 11) is 0. The monoisotopic (exact) mass is 136 g/mol. The smallest absolute Gasteiger partial charge is 0.0428 e. The van der Waals surface area contributed by atoms with Crippen LogP contribution in [0.5, 0.6) is 0 Å². The van der Waals surface area contributed by atoms with Gasteiger partial charge in [0.05, 0.1) is 0 Å². The van der Waals surface area contributed by atoms with Crippen molar-refractivity contribution in [3.63, 3.8) is 0 Å². The number of hydrogen-bond donors (Lipinski definition) is 1. The zero-order valence-electron chi connectivity index (χ0n) is 4.18. The number of rotatable bonds is 1. The second-order valence-corrected chi connectivity index (χ2v) is 1.47. The van der Waals surface area contributed by atoms with Crippen molar-refractivity contribution >= 4 is 28.7 Å². The molecule has 0 heterocycles. The lowest BCUT2D eigenvalue weighted by molar-refractivity contribution is 0.295. The molecular formula is C4H8OS2. The van der Waals surface area contributed by atoms with E-state index >= 15 is 0 Å². The van der Waals surface area contributed by atoms with Crippen LogP contribution in [-0.2, 0) is 0 Å². The molecule has 3 heteroatoms. The highest BCUT2D eigenvalue weighted by atomic mass is 32.1. The summed E-state index contributed by atoms with van der Waals surface area (Å²) in [6, 6.07) is 0. The topological polar surface area (TPSA) is 20.2 Å². The first-order valence-corrected chi connectivity index (χ1v) is 2.75. The molecule has 0 rings (SSSR count). The van der Waals surface area contributed by atoms with E-state index < -0.39 is 0 Å². The van der Waals surface area contributed by atoms with E-state index in [4.69, 9.17) is 5.11 Å². The van der Waals surface area contributed by atoms with E-state index in [0.717, 1.165) is 6.42 Å². The van der Waals surface area contributed by atoms with Crippen molar-refractivity contribution in [3.8, 4) is 0 Å². The van der Waals surface area contributed by atoms with E-state index in [9.17, 15) is 0 Å². The third-order valence-corrected chi connectivity index (χ3v) is 0.224. The van der Waals surface area contributed by atoms with Gasteiger partial charge in [-0.05, 0) is 30.9 Å². The van der Waals surface area contributed by atoms with E-state index in [2.05, 4.69) is 24.4 Å². The van der Waals surface area contributed by atoms with Gasteiger partial charge in [0.2, 0.25) is 0 Å². The Morgan fingerprint density at radius 1 is 1.57 bits per heavy atom. The lowest BCUT2D eigenvalue weighted by atomic mass is 10.5. The normalized spacial score (nSPS) is 5.43. The average Bonchev–Trinajstić information content (AvgIpc) is 1.69. The predicted octanol–water partition coefficient (Wildman–Crippen LogP) is 1.41. The SMILES string of the molecule is CCCO.S=C=S. The van der Waals surface area contributed by atoms with Crippen LogP contribution in [0.3, 0.4) is 0 Å². The van der Waals surface area contributed by atoms with Crippen molar-refractivity contribution in [3.05, 3.63) is 0 Å². The summed E-state index contributed by atoms with van der Waals surface area (Å²) >= 11 is 7.92. The standard InChI is InChI=1S/C3H8O.CS2/c1-2-3-4;2-1-3/h4H,2-3H2,1H3;. The molecule has 1 N–H and O–H groups in total. The Bertz CT molecular complexity index is 45.7. The number of aliphatic hydroxyl groups excluding tert-OH is 1. The molecule has 42 valence electrons. The van der Waals surface area contributed by atoms with Gasteiger partial charge in [0.15, 0.2) is 0 Å². The van der Waals surface area contributed by atoms with Crippen LogP contribution in [0.1, 0.15) is 13.3 Å². The summed E-state index contributed by atoms with van der Waals surface area (Å²) in [5.41, 5.74) is 0. The van der Waals surface area contributed by atoms with Gasteiger partial charge in [0, 0.05) is 10.9 Å². The van der Waals surface area contributed by atoms with Crippen molar-refractivity contribution in [1.82, 2.24) is 0 Å². The van der Waals surface area contributed by atoms with E-state index in [1.54, 1.807) is 0 Å². The van der Waals surface area contributed by atoms with E-state index in [1.807, 2.05) is 11.2 Å². The molecule has 1 nitrogen and oxygen atoms in total. The average molecular weight is 136 g/mol. The summed E-state index contributed by atoms with van der Waals surface area (Å²) in [5.74, 6) is 0. The first-order valence-electron chi connectivity index (χ1n) is 1.93. The molecule has 7 heavy (non-hydrogen) atoms. The summed E-state index contributed by atoms with van der Waals surface area (Å²) < 4.78 is 1.92. The summed E-state index contributed by atoms with van der Waals surface area (Å²) in [6.45, 7) is 2.25. The maximum absolute atomic E-state index is 7.88. The Morgan fingerprint density at radius 2 is 1.71 bits per heavy atom. The van der Waals surface area contributed by atoms with E-state index in [-0.39, 0.29) is 0 Å². The fourth-order valence-electron chi connectivity index (χ4n) is 0. The molecule has 0 saturated heterocycles. The van der Waals surface area contributed by atoms with Gasteiger partial charge < -0.3 is 5.11 Å². The Balaban J connectivity index is 0. The van der Waals surface area contributed by atoms with Crippen molar-refractivity contribution in [2.75, 3.05) is 6.61 Å². The number of aliphatic hydroxyl groups is 1. The van der Waals surface area contributed by atoms with Gasteiger partial charge in [-0.3, -0.25) is 0 Å². The predicted molar refractivity (Wildman–Crippen MR) is 37.6 cm³/mol. The molecule has 0 fully saturated rings. The fourth-order valence-corrected chi connectivity index (χ4v) is 0. The second kappa shape index (κ2) is 16.4. The van der Waals surface area contributed by atoms with Crippen LogP contribution < -0.4 is 0 Å². The maximum atomic E-state index is 7.88. The molecule has 0 atom stereocenters. The van der Waals surface area contributed by atoms with Crippen molar-refractivity contribution < 1.29 is 5.11 Å². The van der Waals surface area contributed by atoms with Crippen molar-refractivity contribution in [2.45, 2.75) is 13.3 Å². The van der Waals surface area contributed by atoms with Crippen LogP contribution >= 0.6 is 24.4 Å². The molecule has 0 aromatic rings. The van der Waals surface area contributed by atoms with Crippen molar-refractivity contribution in [2.24, 2.45) is 0 Å². The van der Waals surface area contributed by atoms with Gasteiger partial charge in [-0.15, -0.1) is 0 Å². The maximum Gasteiger partial charge on any atom is 0.0428 e. The molecule has 0 aromatic carbocycles. The molecule has 0 radical (unpaired) electrons. The number of hydrogen-bond acceptors (Lipinski definition) is 3. The van der Waals surface area contributed by atoms with Crippen LogP contribution in [0, 0.1) is 0 Å². The molecule has 0 bridgehead atoms. The van der Waals surface area contributed by atoms with Crippen LogP contribution in [0.25, 0.3) is 0 Å². The van der Waals surface area contributed by atoms with Gasteiger partial charge in [0.1, 0.15) is 0 Å². The van der Waals surface area contributed by atoms with Crippen LogP contribution in [0.4, 0.5) is 0 Å². The Morgan fingerprint density at radius 3 is 1.71 bits per heavy atom. The Kier molecular flexibility index (Phi) is 23.9. The zero-order chi connectivity index (χ0) is 6.12. The number of thiocarbonyl (C=S) groups is 2. The summed E-state index contributed by atoms with van der Waals surface area (Å²) in [6.07, 6.45) is 0.875. The molecule has 0 spiro atoms. The first-order chi connectivity index (χ1) is 3.33. The van der Waals surface area contributed by atoms with Crippen LogP contribution in [0.2, 0.25) is 0 Å². The van der Waals surface area contributed by atoms with E-state index in [1.165, 1.54) is 0 Å². The fraction of sp³-hybridized carbons (Fsp3) is 0.750. The highest BCUT2D eigenvalue weighted by molar-refractivity contribution is 7.93. The van der Waals surface area contributed by atoms with Crippen molar-refractivity contribution in [1.29, 1.82) is 0 Å². The van der Waals surface area contributed by atoms with Gasteiger partial charge in [-0.25, -0.2) is 0 Å². The second-order valence-electron chi connectivity index (χ2n) is 0.807. The molecule has 0 aliphatic carbocycles. The first kappa shape index (κ1) is 10.2. The van der Waals surface area contributed by atoms with E-state index in [0.29, 0.717) is 6.61 Å². The molecule has 0 unspecified atom stereocenters. The summed E-state index contributed by atoms with van der Waals surface area (Å²) in [5, 5.41) is 7.88. The quantitative estimate of drug-likeness (QED) is 0.550. The van der Waals surface area contributed by atoms with Crippen LogP contribution in [0.15, 0.2) is 0 Å². The molecule has 0 aromatic heterocycles.